The van der Waals surface area contributed by atoms with Crippen LogP contribution in [0.15, 0.2) is 0 Å². The molecule has 0 aromatic heterocycles. The summed E-state index contributed by atoms with van der Waals surface area (Å²) in [5.74, 6) is 0.787. The molecule has 0 saturated heterocycles. The Kier molecular flexibility index (Phi) is 15.2. The van der Waals surface area contributed by atoms with Gasteiger partial charge in [-0.05, 0) is 6.42 Å². The van der Waals surface area contributed by atoms with Gasteiger partial charge in [0.25, 0.3) is 0 Å². The normalized spacial score (nSPS) is 7.71. The Labute approximate surface area is 61.1 Å². The van der Waals surface area contributed by atoms with E-state index in [0.29, 0.717) is 0 Å². The number of rotatable bonds is 3. The van der Waals surface area contributed by atoms with Gasteiger partial charge in [0.2, 0.25) is 0 Å². The molecule has 0 amide bonds. The summed E-state index contributed by atoms with van der Waals surface area (Å²) in [7, 11) is 0. The van der Waals surface area contributed by atoms with Crippen molar-refractivity contribution in [3.05, 3.63) is 6.92 Å². The van der Waals surface area contributed by atoms with Crippen LogP contribution >= 0.6 is 11.6 Å². The van der Waals surface area contributed by atoms with Gasteiger partial charge in [0, 0.05) is 22.9 Å². The molecule has 0 aromatic rings. The molecular formula is C5H10ClMn-. The predicted octanol–water partition coefficient (Wildman–Crippen LogP) is 2.23. The molecule has 0 fully saturated rings. The van der Waals surface area contributed by atoms with Gasteiger partial charge >= 0.3 is 0 Å². The Morgan fingerprint density at radius 3 is 2.00 bits per heavy atom. The van der Waals surface area contributed by atoms with Gasteiger partial charge in [-0.1, -0.05) is 6.42 Å². The van der Waals surface area contributed by atoms with Gasteiger partial charge in [0.15, 0.2) is 0 Å². The third-order valence-electron chi connectivity index (χ3n) is 0.634. The maximum absolute atomic E-state index is 5.35. The van der Waals surface area contributed by atoms with Crippen molar-refractivity contribution < 1.29 is 17.1 Å². The second-order valence-corrected chi connectivity index (χ2v) is 1.63. The van der Waals surface area contributed by atoms with E-state index in [1.165, 1.54) is 6.42 Å². The minimum absolute atomic E-state index is 0. The molecule has 0 aromatic carbocycles. The zero-order valence-electron chi connectivity index (χ0n) is 4.29. The molecular weight excluding hydrogens is 150 g/mol. The summed E-state index contributed by atoms with van der Waals surface area (Å²) >= 11 is 5.35. The van der Waals surface area contributed by atoms with Gasteiger partial charge < -0.3 is 6.92 Å². The maximum atomic E-state index is 5.35. The summed E-state index contributed by atoms with van der Waals surface area (Å²) in [5.41, 5.74) is 0. The molecule has 0 aliphatic rings. The van der Waals surface area contributed by atoms with Gasteiger partial charge in [0.05, 0.1) is 0 Å². The topological polar surface area (TPSA) is 0 Å². The Balaban J connectivity index is 0. The largest absolute Gasteiger partial charge is 0.343 e. The van der Waals surface area contributed by atoms with Crippen molar-refractivity contribution in [3.63, 3.8) is 0 Å². The van der Waals surface area contributed by atoms with E-state index in [9.17, 15) is 0 Å². The third-order valence-corrected chi connectivity index (χ3v) is 0.901. The van der Waals surface area contributed by atoms with Crippen LogP contribution in [0.4, 0.5) is 0 Å². The molecule has 0 N–H and O–H groups in total. The number of unbranched alkanes of at least 4 members (excludes halogenated alkanes) is 2. The quantitative estimate of drug-likeness (QED) is 0.257. The molecule has 0 rings (SSSR count). The second-order valence-electron chi connectivity index (χ2n) is 1.25. The fourth-order valence-corrected chi connectivity index (χ4v) is 0.460. The standard InChI is InChI=1S/C5H10Cl.Mn/c1-2-3-4-5-6;/h1-5H2;/q-1;. The molecule has 0 unspecified atom stereocenters. The smallest absolute Gasteiger partial charge is 0.0222 e. The summed E-state index contributed by atoms with van der Waals surface area (Å²) < 4.78 is 0. The van der Waals surface area contributed by atoms with Crippen LogP contribution in [0, 0.1) is 6.92 Å². The van der Waals surface area contributed by atoms with Crippen LogP contribution in [-0.4, -0.2) is 5.88 Å². The van der Waals surface area contributed by atoms with Crippen LogP contribution in [0.25, 0.3) is 0 Å². The molecule has 0 bridgehead atoms. The van der Waals surface area contributed by atoms with E-state index in [-0.39, 0.29) is 17.1 Å². The van der Waals surface area contributed by atoms with E-state index in [4.69, 9.17) is 11.6 Å². The van der Waals surface area contributed by atoms with Gasteiger partial charge in [0.1, 0.15) is 0 Å². The molecule has 0 atom stereocenters. The monoisotopic (exact) mass is 160 g/mol. The van der Waals surface area contributed by atoms with Crippen LogP contribution in [0.2, 0.25) is 0 Å². The average molecular weight is 161 g/mol. The molecule has 2 heteroatoms. The van der Waals surface area contributed by atoms with Crippen LogP contribution < -0.4 is 0 Å². The van der Waals surface area contributed by atoms with Crippen LogP contribution in [0.5, 0.6) is 0 Å². The first-order valence-electron chi connectivity index (χ1n) is 2.27. The van der Waals surface area contributed by atoms with Gasteiger partial charge in [-0.25, -0.2) is 0 Å². The molecule has 0 heterocycles. The fraction of sp³-hybridized carbons (Fsp3) is 0.800. The van der Waals surface area contributed by atoms with E-state index in [0.717, 1.165) is 18.7 Å². The van der Waals surface area contributed by atoms with Gasteiger partial charge in [-0.15, -0.1) is 11.6 Å². The van der Waals surface area contributed by atoms with Crippen molar-refractivity contribution in [3.8, 4) is 0 Å². The predicted molar refractivity (Wildman–Crippen MR) is 29.9 cm³/mol. The van der Waals surface area contributed by atoms with Crippen LogP contribution in [0.1, 0.15) is 19.3 Å². The van der Waals surface area contributed by atoms with E-state index in [1.807, 2.05) is 0 Å². The zero-order valence-corrected chi connectivity index (χ0v) is 6.23. The number of hydrogen-bond donors (Lipinski definition) is 0. The SMILES string of the molecule is [CH2-]CCCCCl.[Mn]. The third kappa shape index (κ3) is 10.9. The molecule has 0 spiro atoms. The van der Waals surface area contributed by atoms with Crippen molar-refractivity contribution in [2.75, 3.05) is 5.88 Å². The van der Waals surface area contributed by atoms with Crippen molar-refractivity contribution >= 4 is 11.6 Å². The number of hydrogen-bond acceptors (Lipinski definition) is 0. The van der Waals surface area contributed by atoms with Crippen molar-refractivity contribution in [2.45, 2.75) is 19.3 Å². The Morgan fingerprint density at radius 2 is 1.86 bits per heavy atom. The molecule has 0 nitrogen and oxygen atoms in total. The van der Waals surface area contributed by atoms with Gasteiger partial charge in [-0.3, -0.25) is 0 Å². The average Bonchev–Trinajstić information content (AvgIpc) is 1.61. The molecule has 7 heavy (non-hydrogen) atoms. The van der Waals surface area contributed by atoms with Crippen molar-refractivity contribution in [2.24, 2.45) is 0 Å². The molecule has 45 valence electrons. The molecule has 0 aliphatic heterocycles. The first-order valence-corrected chi connectivity index (χ1v) is 2.80. The number of halogens is 1. The summed E-state index contributed by atoms with van der Waals surface area (Å²) in [6.45, 7) is 3.66. The molecule has 0 saturated carbocycles. The van der Waals surface area contributed by atoms with E-state index in [1.54, 1.807) is 0 Å². The Hall–Kier alpha value is 0.809. The minimum Gasteiger partial charge on any atom is -0.343 e. The summed E-state index contributed by atoms with van der Waals surface area (Å²) in [6.07, 6.45) is 3.31. The molecule has 0 aliphatic carbocycles. The second kappa shape index (κ2) is 9.94. The van der Waals surface area contributed by atoms with E-state index < -0.39 is 0 Å². The summed E-state index contributed by atoms with van der Waals surface area (Å²) in [5, 5.41) is 0. The minimum atomic E-state index is 0. The van der Waals surface area contributed by atoms with Crippen LogP contribution in [-0.2, 0) is 17.1 Å². The zero-order chi connectivity index (χ0) is 4.83. The summed E-state index contributed by atoms with van der Waals surface area (Å²) in [6, 6.07) is 0. The molecule has 1 radical (unpaired) electrons. The van der Waals surface area contributed by atoms with E-state index >= 15 is 0 Å². The number of alkyl halides is 1. The summed E-state index contributed by atoms with van der Waals surface area (Å²) in [4.78, 5) is 0. The first-order chi connectivity index (χ1) is 2.91. The Bertz CT molecular complexity index is 20.0. The van der Waals surface area contributed by atoms with Crippen LogP contribution in [0.3, 0.4) is 0 Å². The van der Waals surface area contributed by atoms with Gasteiger partial charge in [-0.2, -0.15) is 6.42 Å². The van der Waals surface area contributed by atoms with Crippen molar-refractivity contribution in [1.82, 2.24) is 0 Å². The maximum Gasteiger partial charge on any atom is 0.0222 e. The van der Waals surface area contributed by atoms with E-state index in [2.05, 4.69) is 6.92 Å². The Morgan fingerprint density at radius 1 is 1.29 bits per heavy atom. The van der Waals surface area contributed by atoms with Crippen molar-refractivity contribution in [1.29, 1.82) is 0 Å². The first kappa shape index (κ1) is 10.7. The fourth-order valence-electron chi connectivity index (χ4n) is 0.271.